The normalized spacial score (nSPS) is 23.4. The lowest BCUT2D eigenvalue weighted by atomic mass is 10.0. The van der Waals surface area contributed by atoms with E-state index in [2.05, 4.69) is 17.2 Å². The second-order valence-electron chi connectivity index (χ2n) is 4.95. The minimum atomic E-state index is -2.89. The lowest BCUT2D eigenvalue weighted by Crippen LogP contribution is -2.53. The number of likely N-dealkylation sites (N-methyl/N-ethyl adjacent to an activating group) is 1. The van der Waals surface area contributed by atoms with Crippen LogP contribution in [-0.4, -0.2) is 63.2 Å². The van der Waals surface area contributed by atoms with Gasteiger partial charge in [0.05, 0.1) is 18.5 Å². The van der Waals surface area contributed by atoms with Gasteiger partial charge >= 0.3 is 0 Å². The molecule has 114 valence electrons. The molecule has 19 heavy (non-hydrogen) atoms. The molecule has 0 saturated carbocycles. The van der Waals surface area contributed by atoms with Crippen LogP contribution >= 0.6 is 0 Å². The molecule has 1 saturated heterocycles. The largest absolute Gasteiger partial charge is 0.374 e. The minimum Gasteiger partial charge on any atom is -0.374 e. The molecule has 0 spiro atoms. The van der Waals surface area contributed by atoms with Gasteiger partial charge in [-0.15, -0.1) is 0 Å². The summed E-state index contributed by atoms with van der Waals surface area (Å²) in [4.78, 5) is 2.32. The van der Waals surface area contributed by atoms with Crippen molar-refractivity contribution in [1.82, 2.24) is 10.3 Å². The topological polar surface area (TPSA) is 84.7 Å². The van der Waals surface area contributed by atoms with Crippen molar-refractivity contribution in [2.75, 3.05) is 37.7 Å². The summed E-state index contributed by atoms with van der Waals surface area (Å²) >= 11 is 0. The zero-order valence-corrected chi connectivity index (χ0v) is 12.8. The van der Waals surface area contributed by atoms with Crippen LogP contribution in [0.15, 0.2) is 0 Å². The van der Waals surface area contributed by atoms with E-state index in [4.69, 9.17) is 10.6 Å². The highest BCUT2D eigenvalue weighted by atomic mass is 32.2. The van der Waals surface area contributed by atoms with Gasteiger partial charge in [-0.1, -0.05) is 13.8 Å². The van der Waals surface area contributed by atoms with Crippen molar-refractivity contribution in [3.05, 3.63) is 0 Å². The second-order valence-corrected chi connectivity index (χ2v) is 7.43. The number of nitrogens with one attached hydrogen (secondary N) is 1. The van der Waals surface area contributed by atoms with Crippen molar-refractivity contribution in [2.24, 2.45) is 5.84 Å². The van der Waals surface area contributed by atoms with E-state index in [1.54, 1.807) is 6.92 Å². The number of hydrazine groups is 1. The first kappa shape index (κ1) is 16.8. The molecular weight excluding hydrogens is 266 g/mol. The number of morpholine rings is 1. The van der Waals surface area contributed by atoms with Crippen LogP contribution in [0, 0.1) is 0 Å². The van der Waals surface area contributed by atoms with E-state index in [1.165, 1.54) is 0 Å². The number of hydrogen-bond donors (Lipinski definition) is 2. The summed E-state index contributed by atoms with van der Waals surface area (Å²) in [6.45, 7) is 7.32. The molecule has 0 amide bonds. The quantitative estimate of drug-likeness (QED) is 0.474. The number of nitrogens with zero attached hydrogens (tertiary/aromatic N) is 1. The Morgan fingerprint density at radius 3 is 2.79 bits per heavy atom. The van der Waals surface area contributed by atoms with Gasteiger partial charge in [0, 0.05) is 24.9 Å². The van der Waals surface area contributed by atoms with E-state index >= 15 is 0 Å². The molecule has 0 bridgehead atoms. The maximum atomic E-state index is 11.5. The van der Waals surface area contributed by atoms with Gasteiger partial charge in [0.2, 0.25) is 0 Å². The van der Waals surface area contributed by atoms with E-state index in [9.17, 15) is 8.42 Å². The predicted octanol–water partition coefficient (Wildman–Crippen LogP) is -0.246. The fourth-order valence-electron chi connectivity index (χ4n) is 2.31. The van der Waals surface area contributed by atoms with Crippen LogP contribution in [0.4, 0.5) is 0 Å². The first-order valence-corrected chi connectivity index (χ1v) is 8.85. The molecule has 1 fully saturated rings. The van der Waals surface area contributed by atoms with E-state index in [1.807, 2.05) is 0 Å². The van der Waals surface area contributed by atoms with Gasteiger partial charge < -0.3 is 4.74 Å². The summed E-state index contributed by atoms with van der Waals surface area (Å²) in [5.41, 5.74) is 2.77. The Labute approximate surface area is 116 Å². The molecule has 1 aliphatic rings. The Kier molecular flexibility index (Phi) is 7.23. The summed E-state index contributed by atoms with van der Waals surface area (Å²) in [5.74, 6) is 6.01. The van der Waals surface area contributed by atoms with Gasteiger partial charge in [-0.05, 0) is 19.4 Å². The molecule has 0 aliphatic carbocycles. The molecule has 6 nitrogen and oxygen atoms in total. The molecule has 1 aliphatic heterocycles. The summed E-state index contributed by atoms with van der Waals surface area (Å²) in [7, 11) is -2.89. The molecule has 0 aromatic rings. The minimum absolute atomic E-state index is 0.0152. The highest BCUT2D eigenvalue weighted by Gasteiger charge is 2.26. The maximum Gasteiger partial charge on any atom is 0.150 e. The molecule has 1 rings (SSSR count). The van der Waals surface area contributed by atoms with Gasteiger partial charge in [0.25, 0.3) is 0 Å². The Bertz CT molecular complexity index is 348. The van der Waals surface area contributed by atoms with E-state index in [-0.39, 0.29) is 23.7 Å². The van der Waals surface area contributed by atoms with Crippen molar-refractivity contribution in [3.8, 4) is 0 Å². The third-order valence-electron chi connectivity index (χ3n) is 3.70. The highest BCUT2D eigenvalue weighted by Crippen LogP contribution is 2.13. The third kappa shape index (κ3) is 5.74. The smallest absolute Gasteiger partial charge is 0.150 e. The Morgan fingerprint density at radius 2 is 2.21 bits per heavy atom. The Balaban J connectivity index is 2.40. The molecule has 2 atom stereocenters. The maximum absolute atomic E-state index is 11.5. The van der Waals surface area contributed by atoms with E-state index in [0.717, 1.165) is 26.1 Å². The fourth-order valence-corrected chi connectivity index (χ4v) is 3.20. The van der Waals surface area contributed by atoms with Gasteiger partial charge in [0.1, 0.15) is 9.84 Å². The van der Waals surface area contributed by atoms with Crippen molar-refractivity contribution in [2.45, 2.75) is 38.8 Å². The number of hydrogen-bond acceptors (Lipinski definition) is 6. The Morgan fingerprint density at radius 1 is 1.47 bits per heavy atom. The lowest BCUT2D eigenvalue weighted by Gasteiger charge is -2.36. The Hall–Kier alpha value is -0.210. The molecule has 2 unspecified atom stereocenters. The van der Waals surface area contributed by atoms with Gasteiger partial charge in [0.15, 0.2) is 0 Å². The van der Waals surface area contributed by atoms with Crippen molar-refractivity contribution >= 4 is 9.84 Å². The van der Waals surface area contributed by atoms with Crippen molar-refractivity contribution < 1.29 is 13.2 Å². The molecule has 7 heteroatoms. The average Bonchev–Trinajstić information content (AvgIpc) is 2.43. The number of ether oxygens (including phenoxy) is 1. The molecule has 0 aromatic carbocycles. The van der Waals surface area contributed by atoms with Crippen LogP contribution in [-0.2, 0) is 14.6 Å². The lowest BCUT2D eigenvalue weighted by molar-refractivity contribution is -0.0462. The first-order chi connectivity index (χ1) is 9.02. The van der Waals surface area contributed by atoms with E-state index in [0.29, 0.717) is 13.0 Å². The van der Waals surface area contributed by atoms with Crippen LogP contribution in [0.2, 0.25) is 0 Å². The highest BCUT2D eigenvalue weighted by molar-refractivity contribution is 7.91. The third-order valence-corrected chi connectivity index (χ3v) is 5.49. The second kappa shape index (κ2) is 8.16. The molecular formula is C12H27N3O3S. The summed E-state index contributed by atoms with van der Waals surface area (Å²) < 4.78 is 28.6. The monoisotopic (exact) mass is 293 g/mol. The predicted molar refractivity (Wildman–Crippen MR) is 76.5 cm³/mol. The number of sulfone groups is 1. The van der Waals surface area contributed by atoms with Crippen molar-refractivity contribution in [1.29, 1.82) is 0 Å². The summed E-state index contributed by atoms with van der Waals surface area (Å²) in [6.07, 6.45) is 1.39. The van der Waals surface area contributed by atoms with Crippen LogP contribution in [0.25, 0.3) is 0 Å². The average molecular weight is 293 g/mol. The van der Waals surface area contributed by atoms with Crippen LogP contribution in [0.1, 0.15) is 26.7 Å². The van der Waals surface area contributed by atoms with Crippen molar-refractivity contribution in [3.63, 3.8) is 0 Å². The zero-order valence-electron chi connectivity index (χ0n) is 12.0. The van der Waals surface area contributed by atoms with Gasteiger partial charge in [-0.25, -0.2) is 8.42 Å². The fraction of sp³-hybridized carbons (Fsp3) is 1.00. The van der Waals surface area contributed by atoms with Crippen LogP contribution in [0.3, 0.4) is 0 Å². The molecule has 0 aromatic heterocycles. The molecule has 3 N–H and O–H groups in total. The standard InChI is InChI=1S/C12H27N3O3S/c1-3-15-7-8-18-12(10-15)11(14-13)6-5-9-19(16,17)4-2/h11-12,14H,3-10,13H2,1-2H3. The van der Waals surface area contributed by atoms with Crippen LogP contribution in [0.5, 0.6) is 0 Å². The SMILES string of the molecule is CCN1CCOC(C(CCCS(=O)(=O)CC)NN)C1. The summed E-state index contributed by atoms with van der Waals surface area (Å²) in [6, 6.07) is 0.0152. The van der Waals surface area contributed by atoms with Crippen LogP contribution < -0.4 is 11.3 Å². The van der Waals surface area contributed by atoms with E-state index < -0.39 is 9.84 Å². The molecule has 0 radical (unpaired) electrons. The molecule has 1 heterocycles. The number of rotatable bonds is 8. The first-order valence-electron chi connectivity index (χ1n) is 7.03. The summed E-state index contributed by atoms with van der Waals surface area (Å²) in [5, 5.41) is 0. The van der Waals surface area contributed by atoms with Gasteiger partial charge in [-0.2, -0.15) is 0 Å². The van der Waals surface area contributed by atoms with Gasteiger partial charge in [-0.3, -0.25) is 16.2 Å². The zero-order chi connectivity index (χ0) is 14.3. The number of nitrogens with two attached hydrogens (primary N) is 1.